The molecule has 0 saturated carbocycles. The van der Waals surface area contributed by atoms with Crippen LogP contribution in [0.2, 0.25) is 0 Å². The number of amides is 3. The second-order valence-corrected chi connectivity index (χ2v) is 8.20. The maximum absolute atomic E-state index is 12.9. The van der Waals surface area contributed by atoms with E-state index in [0.717, 1.165) is 29.8 Å². The Morgan fingerprint density at radius 1 is 1.03 bits per heavy atom. The lowest BCUT2D eigenvalue weighted by atomic mass is 10.0. The average Bonchev–Trinajstić information content (AvgIpc) is 3.12. The highest BCUT2D eigenvalue weighted by atomic mass is 16.2. The topological polar surface area (TPSA) is 78.5 Å². The third-order valence-corrected chi connectivity index (χ3v) is 5.38. The van der Waals surface area contributed by atoms with Gasteiger partial charge >= 0.3 is 0 Å². The van der Waals surface area contributed by atoms with E-state index in [0.29, 0.717) is 17.7 Å². The minimum atomic E-state index is -0.668. The van der Waals surface area contributed by atoms with E-state index in [1.165, 1.54) is 0 Å². The van der Waals surface area contributed by atoms with Gasteiger partial charge in [-0.1, -0.05) is 31.5 Å². The fourth-order valence-electron chi connectivity index (χ4n) is 3.62. The first kappa shape index (κ1) is 21.6. The summed E-state index contributed by atoms with van der Waals surface area (Å²) in [7, 11) is 0. The SMILES string of the molecule is Cc1ccc(C(=O)N[C@H](C(=O)Nc2ccc(N3CCCC3=O)c(C)c2)C(C)C)cc1. The van der Waals surface area contributed by atoms with Crippen LogP contribution < -0.4 is 15.5 Å². The fraction of sp³-hybridized carbons (Fsp3) is 0.375. The standard InChI is InChI=1S/C24H29N3O3/c1-15(2)22(26-23(29)18-9-7-16(3)8-10-18)24(30)25-19-11-12-20(17(4)14-19)27-13-5-6-21(27)28/h7-12,14-15,22H,5-6,13H2,1-4H3,(H,25,30)(H,26,29)/t22-/m0/s1. The normalized spacial score (nSPS) is 14.7. The van der Waals surface area contributed by atoms with Gasteiger partial charge in [-0.15, -0.1) is 0 Å². The van der Waals surface area contributed by atoms with Crippen molar-refractivity contribution in [2.45, 2.75) is 46.6 Å². The maximum Gasteiger partial charge on any atom is 0.251 e. The molecule has 0 aliphatic carbocycles. The van der Waals surface area contributed by atoms with Crippen molar-refractivity contribution < 1.29 is 14.4 Å². The first-order valence-corrected chi connectivity index (χ1v) is 10.4. The summed E-state index contributed by atoms with van der Waals surface area (Å²) >= 11 is 0. The molecule has 0 bridgehead atoms. The monoisotopic (exact) mass is 407 g/mol. The van der Waals surface area contributed by atoms with E-state index >= 15 is 0 Å². The summed E-state index contributed by atoms with van der Waals surface area (Å²) in [5.41, 5.74) is 4.04. The minimum absolute atomic E-state index is 0.0815. The molecular weight excluding hydrogens is 378 g/mol. The molecule has 0 aromatic heterocycles. The van der Waals surface area contributed by atoms with E-state index in [-0.39, 0.29) is 23.6 Å². The molecule has 0 spiro atoms. The van der Waals surface area contributed by atoms with Crippen LogP contribution in [0.5, 0.6) is 0 Å². The van der Waals surface area contributed by atoms with E-state index < -0.39 is 6.04 Å². The van der Waals surface area contributed by atoms with Gasteiger partial charge in [-0.3, -0.25) is 14.4 Å². The molecule has 158 valence electrons. The summed E-state index contributed by atoms with van der Waals surface area (Å²) < 4.78 is 0. The van der Waals surface area contributed by atoms with Crippen molar-refractivity contribution in [2.75, 3.05) is 16.8 Å². The number of nitrogens with one attached hydrogen (secondary N) is 2. The Morgan fingerprint density at radius 3 is 2.30 bits per heavy atom. The molecule has 6 heteroatoms. The molecule has 30 heavy (non-hydrogen) atoms. The molecule has 1 saturated heterocycles. The second kappa shape index (κ2) is 9.11. The molecule has 2 N–H and O–H groups in total. The van der Waals surface area contributed by atoms with Gasteiger partial charge < -0.3 is 15.5 Å². The van der Waals surface area contributed by atoms with E-state index in [4.69, 9.17) is 0 Å². The fourth-order valence-corrected chi connectivity index (χ4v) is 3.62. The van der Waals surface area contributed by atoms with Gasteiger partial charge in [-0.25, -0.2) is 0 Å². The van der Waals surface area contributed by atoms with Gasteiger partial charge in [0.25, 0.3) is 5.91 Å². The predicted octanol–water partition coefficient (Wildman–Crippen LogP) is 3.82. The van der Waals surface area contributed by atoms with Gasteiger partial charge in [0.1, 0.15) is 6.04 Å². The molecule has 2 aromatic carbocycles. The van der Waals surface area contributed by atoms with Gasteiger partial charge in [0.15, 0.2) is 0 Å². The number of anilines is 2. The minimum Gasteiger partial charge on any atom is -0.340 e. The highest BCUT2D eigenvalue weighted by molar-refractivity contribution is 6.02. The number of rotatable bonds is 6. The van der Waals surface area contributed by atoms with Crippen LogP contribution in [-0.4, -0.2) is 30.3 Å². The summed E-state index contributed by atoms with van der Waals surface area (Å²) in [4.78, 5) is 39.3. The van der Waals surface area contributed by atoms with Gasteiger partial charge in [0, 0.05) is 29.9 Å². The quantitative estimate of drug-likeness (QED) is 0.764. The van der Waals surface area contributed by atoms with Gasteiger partial charge in [-0.2, -0.15) is 0 Å². The zero-order chi connectivity index (χ0) is 21.8. The predicted molar refractivity (Wildman–Crippen MR) is 119 cm³/mol. The average molecular weight is 408 g/mol. The van der Waals surface area contributed by atoms with Crippen LogP contribution in [0.3, 0.4) is 0 Å². The Balaban J connectivity index is 1.70. The largest absolute Gasteiger partial charge is 0.340 e. The van der Waals surface area contributed by atoms with Crippen LogP contribution in [-0.2, 0) is 9.59 Å². The van der Waals surface area contributed by atoms with Crippen LogP contribution in [0, 0.1) is 19.8 Å². The lowest BCUT2D eigenvalue weighted by molar-refractivity contribution is -0.119. The van der Waals surface area contributed by atoms with Crippen molar-refractivity contribution >= 4 is 29.1 Å². The van der Waals surface area contributed by atoms with Crippen LogP contribution in [0.15, 0.2) is 42.5 Å². The second-order valence-electron chi connectivity index (χ2n) is 8.20. The first-order chi connectivity index (χ1) is 14.3. The number of nitrogens with zero attached hydrogens (tertiary/aromatic N) is 1. The Bertz CT molecular complexity index is 951. The zero-order valence-electron chi connectivity index (χ0n) is 18.0. The Kier molecular flexibility index (Phi) is 6.55. The third-order valence-electron chi connectivity index (χ3n) is 5.38. The zero-order valence-corrected chi connectivity index (χ0v) is 18.0. The van der Waals surface area contributed by atoms with Crippen LogP contribution in [0.4, 0.5) is 11.4 Å². The molecule has 3 rings (SSSR count). The number of hydrogen-bond donors (Lipinski definition) is 2. The first-order valence-electron chi connectivity index (χ1n) is 10.4. The molecule has 6 nitrogen and oxygen atoms in total. The molecular formula is C24H29N3O3. The van der Waals surface area contributed by atoms with E-state index in [9.17, 15) is 14.4 Å². The van der Waals surface area contributed by atoms with Crippen LogP contribution in [0.1, 0.15) is 48.2 Å². The van der Waals surface area contributed by atoms with Crippen molar-refractivity contribution in [2.24, 2.45) is 5.92 Å². The Labute approximate surface area is 177 Å². The van der Waals surface area contributed by atoms with E-state index in [2.05, 4.69) is 10.6 Å². The molecule has 1 aliphatic heterocycles. The lowest BCUT2D eigenvalue weighted by Crippen LogP contribution is -2.47. The molecule has 1 fully saturated rings. The summed E-state index contributed by atoms with van der Waals surface area (Å²) in [6.45, 7) is 8.40. The highest BCUT2D eigenvalue weighted by Gasteiger charge is 2.26. The number of carbonyl (C=O) groups excluding carboxylic acids is 3. The van der Waals surface area contributed by atoms with E-state index in [1.807, 2.05) is 52.0 Å². The lowest BCUT2D eigenvalue weighted by Gasteiger charge is -2.23. The molecule has 1 heterocycles. The highest BCUT2D eigenvalue weighted by Crippen LogP contribution is 2.27. The molecule has 2 aromatic rings. The number of aryl methyl sites for hydroxylation is 2. The van der Waals surface area contributed by atoms with Crippen molar-refractivity contribution in [1.29, 1.82) is 0 Å². The number of benzene rings is 2. The van der Waals surface area contributed by atoms with Crippen LogP contribution >= 0.6 is 0 Å². The molecule has 0 unspecified atom stereocenters. The molecule has 1 atom stereocenters. The van der Waals surface area contributed by atoms with Gasteiger partial charge in [0.05, 0.1) is 0 Å². The van der Waals surface area contributed by atoms with Gasteiger partial charge in [-0.05, 0) is 62.1 Å². The summed E-state index contributed by atoms with van der Waals surface area (Å²) in [5, 5.41) is 5.75. The Morgan fingerprint density at radius 2 is 1.73 bits per heavy atom. The molecule has 1 aliphatic rings. The van der Waals surface area contributed by atoms with Gasteiger partial charge in [0.2, 0.25) is 11.8 Å². The van der Waals surface area contributed by atoms with E-state index in [1.54, 1.807) is 23.1 Å². The molecule has 0 radical (unpaired) electrons. The van der Waals surface area contributed by atoms with Crippen molar-refractivity contribution in [3.8, 4) is 0 Å². The smallest absolute Gasteiger partial charge is 0.251 e. The maximum atomic E-state index is 12.9. The van der Waals surface area contributed by atoms with Crippen molar-refractivity contribution in [1.82, 2.24) is 5.32 Å². The summed E-state index contributed by atoms with van der Waals surface area (Å²) in [5.74, 6) is -0.492. The van der Waals surface area contributed by atoms with Crippen molar-refractivity contribution in [3.63, 3.8) is 0 Å². The summed E-state index contributed by atoms with van der Waals surface area (Å²) in [6.07, 6.45) is 1.45. The molecule has 3 amide bonds. The number of carbonyl (C=O) groups is 3. The third kappa shape index (κ3) is 4.87. The summed E-state index contributed by atoms with van der Waals surface area (Å²) in [6, 6.07) is 12.1. The number of hydrogen-bond acceptors (Lipinski definition) is 3. The van der Waals surface area contributed by atoms with Crippen LogP contribution in [0.25, 0.3) is 0 Å². The van der Waals surface area contributed by atoms with Crippen molar-refractivity contribution in [3.05, 3.63) is 59.2 Å². The Hall–Kier alpha value is -3.15.